The molecular formula is C14H12BrFN2O3. The molecule has 2 unspecified atom stereocenters. The first-order valence-electron chi connectivity index (χ1n) is 6.34. The van der Waals surface area contributed by atoms with Gasteiger partial charge in [0.25, 0.3) is 0 Å². The lowest BCUT2D eigenvalue weighted by molar-refractivity contribution is -0.139. The molecule has 1 aromatic carbocycles. The summed E-state index contributed by atoms with van der Waals surface area (Å²) in [6.45, 7) is 3.71. The van der Waals surface area contributed by atoms with Gasteiger partial charge in [0.15, 0.2) is 0 Å². The standard InChI is InChI=1S/C14H12BrFN2O3/c1-14(2)9(10(14)13(19)20)12-17-11(18-21-12)6-3-4-8(16)7(15)5-6/h3-5,9-10H,1-2H3,(H,19,20). The van der Waals surface area contributed by atoms with E-state index in [-0.39, 0.29) is 11.7 Å². The van der Waals surface area contributed by atoms with Gasteiger partial charge in [-0.15, -0.1) is 0 Å². The largest absolute Gasteiger partial charge is 0.481 e. The lowest BCUT2D eigenvalue weighted by Crippen LogP contribution is -2.03. The van der Waals surface area contributed by atoms with Crippen LogP contribution >= 0.6 is 15.9 Å². The summed E-state index contributed by atoms with van der Waals surface area (Å²) >= 11 is 3.10. The molecule has 0 bridgehead atoms. The summed E-state index contributed by atoms with van der Waals surface area (Å²) < 4.78 is 18.7. The van der Waals surface area contributed by atoms with Crippen molar-refractivity contribution in [3.63, 3.8) is 0 Å². The van der Waals surface area contributed by atoms with Crippen LogP contribution in [0.25, 0.3) is 11.4 Å². The molecule has 1 aromatic heterocycles. The first-order chi connectivity index (χ1) is 9.82. The van der Waals surface area contributed by atoms with Crippen molar-refractivity contribution in [2.75, 3.05) is 0 Å². The fourth-order valence-electron chi connectivity index (χ4n) is 2.67. The Morgan fingerprint density at radius 1 is 1.48 bits per heavy atom. The monoisotopic (exact) mass is 354 g/mol. The maximum atomic E-state index is 13.2. The molecule has 3 rings (SSSR count). The molecule has 2 aromatic rings. The average Bonchev–Trinajstić information content (AvgIpc) is 2.78. The number of benzene rings is 1. The third kappa shape index (κ3) is 2.25. The zero-order valence-electron chi connectivity index (χ0n) is 11.3. The summed E-state index contributed by atoms with van der Waals surface area (Å²) in [7, 11) is 0. The third-order valence-electron chi connectivity index (χ3n) is 3.98. The molecule has 7 heteroatoms. The Balaban J connectivity index is 1.91. The molecule has 1 heterocycles. The van der Waals surface area contributed by atoms with Gasteiger partial charge < -0.3 is 9.63 Å². The molecule has 110 valence electrons. The van der Waals surface area contributed by atoms with Gasteiger partial charge in [-0.1, -0.05) is 19.0 Å². The second kappa shape index (κ2) is 4.62. The van der Waals surface area contributed by atoms with E-state index in [1.807, 2.05) is 13.8 Å². The van der Waals surface area contributed by atoms with Gasteiger partial charge in [0.2, 0.25) is 11.7 Å². The van der Waals surface area contributed by atoms with Crippen LogP contribution in [0.15, 0.2) is 27.2 Å². The van der Waals surface area contributed by atoms with Gasteiger partial charge >= 0.3 is 5.97 Å². The lowest BCUT2D eigenvalue weighted by Gasteiger charge is -1.97. The van der Waals surface area contributed by atoms with Crippen LogP contribution in [-0.2, 0) is 4.79 Å². The summed E-state index contributed by atoms with van der Waals surface area (Å²) in [5.74, 6) is -1.43. The van der Waals surface area contributed by atoms with Crippen molar-refractivity contribution < 1.29 is 18.8 Å². The van der Waals surface area contributed by atoms with E-state index in [9.17, 15) is 14.3 Å². The Hall–Kier alpha value is -1.76. The molecular weight excluding hydrogens is 343 g/mol. The number of rotatable bonds is 3. The van der Waals surface area contributed by atoms with Crippen molar-refractivity contribution in [2.24, 2.45) is 11.3 Å². The van der Waals surface area contributed by atoms with Gasteiger partial charge in [-0.25, -0.2) is 4.39 Å². The van der Waals surface area contributed by atoms with Gasteiger partial charge in [-0.2, -0.15) is 4.98 Å². The summed E-state index contributed by atoms with van der Waals surface area (Å²) in [6, 6.07) is 4.40. The van der Waals surface area contributed by atoms with E-state index in [0.717, 1.165) is 0 Å². The number of carbonyl (C=O) groups is 1. The van der Waals surface area contributed by atoms with E-state index < -0.39 is 17.3 Å². The molecule has 0 aliphatic heterocycles. The number of aliphatic carboxylic acids is 1. The number of aromatic nitrogens is 2. The number of hydrogen-bond acceptors (Lipinski definition) is 4. The van der Waals surface area contributed by atoms with Crippen LogP contribution in [-0.4, -0.2) is 21.2 Å². The van der Waals surface area contributed by atoms with E-state index in [1.165, 1.54) is 6.07 Å². The lowest BCUT2D eigenvalue weighted by atomic mass is 10.1. The maximum Gasteiger partial charge on any atom is 0.307 e. The highest BCUT2D eigenvalue weighted by atomic mass is 79.9. The first-order valence-corrected chi connectivity index (χ1v) is 7.13. The third-order valence-corrected chi connectivity index (χ3v) is 4.59. The molecule has 1 aliphatic carbocycles. The maximum absolute atomic E-state index is 13.2. The number of carboxylic acids is 1. The van der Waals surface area contributed by atoms with Crippen LogP contribution in [0.1, 0.15) is 25.7 Å². The van der Waals surface area contributed by atoms with Crippen molar-refractivity contribution in [2.45, 2.75) is 19.8 Å². The Morgan fingerprint density at radius 2 is 2.19 bits per heavy atom. The summed E-state index contributed by atoms with van der Waals surface area (Å²) in [6.07, 6.45) is 0. The zero-order chi connectivity index (χ0) is 15.4. The summed E-state index contributed by atoms with van der Waals surface area (Å²) in [5, 5.41) is 13.0. The molecule has 0 radical (unpaired) electrons. The fourth-order valence-corrected chi connectivity index (χ4v) is 3.05. The smallest absolute Gasteiger partial charge is 0.307 e. The molecule has 1 fully saturated rings. The molecule has 1 saturated carbocycles. The van der Waals surface area contributed by atoms with Gasteiger partial charge in [-0.05, 0) is 39.5 Å². The van der Waals surface area contributed by atoms with Crippen molar-refractivity contribution in [1.29, 1.82) is 0 Å². The van der Waals surface area contributed by atoms with Gasteiger partial charge in [0.1, 0.15) is 5.82 Å². The van der Waals surface area contributed by atoms with Gasteiger partial charge in [-0.3, -0.25) is 4.79 Å². The minimum atomic E-state index is -0.866. The number of halogens is 2. The van der Waals surface area contributed by atoms with E-state index in [0.29, 0.717) is 21.8 Å². The highest BCUT2D eigenvalue weighted by Crippen LogP contribution is 2.64. The molecule has 5 nitrogen and oxygen atoms in total. The van der Waals surface area contributed by atoms with Gasteiger partial charge in [0.05, 0.1) is 16.3 Å². The Morgan fingerprint density at radius 3 is 2.76 bits per heavy atom. The summed E-state index contributed by atoms with van der Waals surface area (Å²) in [5.41, 5.74) is 0.197. The number of hydrogen-bond donors (Lipinski definition) is 1. The summed E-state index contributed by atoms with van der Waals surface area (Å²) in [4.78, 5) is 15.4. The SMILES string of the molecule is CC1(C)C(C(=O)O)C1c1nc(-c2ccc(F)c(Br)c2)no1. The quantitative estimate of drug-likeness (QED) is 0.913. The number of nitrogens with zero attached hydrogens (tertiary/aromatic N) is 2. The van der Waals surface area contributed by atoms with Crippen LogP contribution < -0.4 is 0 Å². The normalized spacial score (nSPS) is 23.0. The van der Waals surface area contributed by atoms with Crippen molar-refractivity contribution in [3.8, 4) is 11.4 Å². The molecule has 0 amide bonds. The minimum Gasteiger partial charge on any atom is -0.481 e. The van der Waals surface area contributed by atoms with E-state index >= 15 is 0 Å². The Bertz CT molecular complexity index is 729. The predicted molar refractivity (Wildman–Crippen MR) is 75.0 cm³/mol. The Kier molecular flexibility index (Phi) is 3.12. The Labute approximate surface area is 128 Å². The highest BCUT2D eigenvalue weighted by molar-refractivity contribution is 9.10. The number of carboxylic acid groups (broad SMARTS) is 1. The second-order valence-corrected chi connectivity index (χ2v) is 6.55. The van der Waals surface area contributed by atoms with Gasteiger partial charge in [0, 0.05) is 5.56 Å². The van der Waals surface area contributed by atoms with Crippen molar-refractivity contribution in [1.82, 2.24) is 10.1 Å². The van der Waals surface area contributed by atoms with Crippen molar-refractivity contribution >= 4 is 21.9 Å². The van der Waals surface area contributed by atoms with Crippen LogP contribution in [0.3, 0.4) is 0 Å². The van der Waals surface area contributed by atoms with Crippen LogP contribution in [0, 0.1) is 17.2 Å². The topological polar surface area (TPSA) is 76.2 Å². The van der Waals surface area contributed by atoms with Crippen LogP contribution in [0.5, 0.6) is 0 Å². The van der Waals surface area contributed by atoms with Crippen molar-refractivity contribution in [3.05, 3.63) is 34.4 Å². The zero-order valence-corrected chi connectivity index (χ0v) is 12.9. The molecule has 21 heavy (non-hydrogen) atoms. The minimum absolute atomic E-state index is 0.292. The fraction of sp³-hybridized carbons (Fsp3) is 0.357. The second-order valence-electron chi connectivity index (χ2n) is 5.70. The highest BCUT2D eigenvalue weighted by Gasteiger charge is 2.65. The van der Waals surface area contributed by atoms with Crippen LogP contribution in [0.4, 0.5) is 4.39 Å². The first kappa shape index (κ1) is 14.2. The molecule has 1 aliphatic rings. The van der Waals surface area contributed by atoms with E-state index in [2.05, 4.69) is 26.1 Å². The van der Waals surface area contributed by atoms with E-state index in [4.69, 9.17) is 4.52 Å². The molecule has 2 atom stereocenters. The molecule has 1 N–H and O–H groups in total. The average molecular weight is 355 g/mol. The van der Waals surface area contributed by atoms with Crippen LogP contribution in [0.2, 0.25) is 0 Å². The molecule has 0 spiro atoms. The van der Waals surface area contributed by atoms with E-state index in [1.54, 1.807) is 12.1 Å². The molecule has 0 saturated heterocycles. The predicted octanol–water partition coefficient (Wildman–Crippen LogP) is 3.46.